The second-order valence-electron chi connectivity index (χ2n) is 8.68. The first-order valence-electron chi connectivity index (χ1n) is 10.9. The summed E-state index contributed by atoms with van der Waals surface area (Å²) < 4.78 is 7.71. The highest BCUT2D eigenvalue weighted by Crippen LogP contribution is 2.40. The van der Waals surface area contributed by atoms with Gasteiger partial charge >= 0.3 is 0 Å². The van der Waals surface area contributed by atoms with E-state index in [2.05, 4.69) is 88.4 Å². The Labute approximate surface area is 191 Å². The molecular formula is C29H23NOS. The van der Waals surface area contributed by atoms with Crippen molar-refractivity contribution in [2.24, 2.45) is 0 Å². The van der Waals surface area contributed by atoms with Crippen LogP contribution in [0.3, 0.4) is 0 Å². The molecule has 0 unspecified atom stereocenters. The van der Waals surface area contributed by atoms with Crippen LogP contribution in [0.2, 0.25) is 0 Å². The van der Waals surface area contributed by atoms with E-state index in [-0.39, 0.29) is 0 Å². The van der Waals surface area contributed by atoms with Crippen LogP contribution >= 0.6 is 11.3 Å². The number of nitrogens with zero attached hydrogens (tertiary/aromatic N) is 1. The Bertz CT molecular complexity index is 1650. The molecular weight excluding hydrogens is 410 g/mol. The van der Waals surface area contributed by atoms with Gasteiger partial charge < -0.3 is 4.42 Å². The zero-order valence-electron chi connectivity index (χ0n) is 18.6. The summed E-state index contributed by atoms with van der Waals surface area (Å²) in [5, 5.41) is 3.58. The zero-order chi connectivity index (χ0) is 22.0. The fourth-order valence-corrected chi connectivity index (χ4v) is 5.78. The highest BCUT2D eigenvalue weighted by molar-refractivity contribution is 7.19. The number of rotatable bonds is 2. The molecule has 0 atom stereocenters. The summed E-state index contributed by atoms with van der Waals surface area (Å²) in [6, 6.07) is 21.7. The molecule has 3 heteroatoms. The van der Waals surface area contributed by atoms with E-state index >= 15 is 0 Å². The minimum Gasteiger partial charge on any atom is -0.455 e. The molecule has 0 amide bonds. The van der Waals surface area contributed by atoms with Gasteiger partial charge in [0.1, 0.15) is 11.2 Å². The molecule has 3 aromatic heterocycles. The van der Waals surface area contributed by atoms with Crippen LogP contribution < -0.4 is 0 Å². The minimum atomic E-state index is 0.903. The summed E-state index contributed by atoms with van der Waals surface area (Å²) in [6.45, 7) is 8.64. The monoisotopic (exact) mass is 433 g/mol. The third-order valence-electron chi connectivity index (χ3n) is 6.39. The molecule has 0 radical (unpaired) electrons. The molecule has 0 aliphatic rings. The molecule has 0 bridgehead atoms. The van der Waals surface area contributed by atoms with Crippen molar-refractivity contribution in [1.82, 2.24) is 4.98 Å². The second-order valence-corrected chi connectivity index (χ2v) is 9.97. The molecule has 0 saturated carbocycles. The molecule has 3 aromatic carbocycles. The second kappa shape index (κ2) is 7.04. The highest BCUT2D eigenvalue weighted by atomic mass is 32.1. The van der Waals surface area contributed by atoms with Crippen LogP contribution in [0.25, 0.3) is 54.4 Å². The van der Waals surface area contributed by atoms with Crippen LogP contribution in [0.1, 0.15) is 21.6 Å². The fraction of sp³-hybridized carbons (Fsp3) is 0.138. The lowest BCUT2D eigenvalue weighted by molar-refractivity contribution is 0.670. The Morgan fingerprint density at radius 3 is 2.34 bits per heavy atom. The van der Waals surface area contributed by atoms with Gasteiger partial charge in [-0.1, -0.05) is 30.3 Å². The summed E-state index contributed by atoms with van der Waals surface area (Å²) in [6.07, 6.45) is 1.98. The van der Waals surface area contributed by atoms with Gasteiger partial charge in [0.25, 0.3) is 0 Å². The summed E-state index contributed by atoms with van der Waals surface area (Å²) >= 11 is 1.81. The summed E-state index contributed by atoms with van der Waals surface area (Å²) in [4.78, 5) is 6.13. The molecule has 0 spiro atoms. The lowest BCUT2D eigenvalue weighted by Crippen LogP contribution is -1.94. The van der Waals surface area contributed by atoms with Gasteiger partial charge in [-0.3, -0.25) is 4.98 Å². The average molecular weight is 434 g/mol. The Kier molecular flexibility index (Phi) is 4.24. The van der Waals surface area contributed by atoms with Crippen molar-refractivity contribution in [3.05, 3.63) is 88.4 Å². The minimum absolute atomic E-state index is 0.903. The van der Waals surface area contributed by atoms with Crippen LogP contribution in [-0.2, 0) is 0 Å². The SMILES string of the molecule is Cc1cc2cc3c(cc2s1)oc1c(-c2cc(-c4c(C)cccc4C)c(C)cn2)cccc13. The molecule has 2 nitrogen and oxygen atoms in total. The first kappa shape index (κ1) is 19.3. The van der Waals surface area contributed by atoms with Crippen LogP contribution in [-0.4, -0.2) is 4.98 Å². The molecule has 0 aliphatic heterocycles. The number of aromatic nitrogens is 1. The molecule has 32 heavy (non-hydrogen) atoms. The van der Waals surface area contributed by atoms with Gasteiger partial charge in [-0.2, -0.15) is 0 Å². The Morgan fingerprint density at radius 2 is 1.53 bits per heavy atom. The standard InChI is InChI=1S/C29H23NOS/c1-16-7-5-8-17(2)28(16)23-13-25(30-15-18(23)3)22-10-6-9-21-24-12-20-11-19(4)32-27(20)14-26(24)31-29(21)22/h5-15H,1-4H3. The van der Waals surface area contributed by atoms with Crippen molar-refractivity contribution in [3.63, 3.8) is 0 Å². The van der Waals surface area contributed by atoms with E-state index in [0.29, 0.717) is 0 Å². The van der Waals surface area contributed by atoms with Crippen molar-refractivity contribution in [1.29, 1.82) is 0 Å². The predicted molar refractivity (Wildman–Crippen MR) is 137 cm³/mol. The maximum Gasteiger partial charge on any atom is 0.144 e. The topological polar surface area (TPSA) is 26.0 Å². The summed E-state index contributed by atoms with van der Waals surface area (Å²) in [7, 11) is 0. The van der Waals surface area contributed by atoms with Gasteiger partial charge in [0.15, 0.2) is 0 Å². The van der Waals surface area contributed by atoms with Crippen LogP contribution in [0.5, 0.6) is 0 Å². The molecule has 0 aliphatic carbocycles. The van der Waals surface area contributed by atoms with Gasteiger partial charge in [0, 0.05) is 32.1 Å². The molecule has 0 saturated heterocycles. The Hall–Kier alpha value is -3.43. The van der Waals surface area contributed by atoms with E-state index in [9.17, 15) is 0 Å². The number of para-hydroxylation sites is 1. The molecule has 6 aromatic rings. The van der Waals surface area contributed by atoms with Crippen LogP contribution in [0, 0.1) is 27.7 Å². The lowest BCUT2D eigenvalue weighted by Gasteiger charge is -2.14. The van der Waals surface area contributed by atoms with Gasteiger partial charge in [-0.15, -0.1) is 11.3 Å². The van der Waals surface area contributed by atoms with E-state index in [1.165, 1.54) is 42.8 Å². The number of benzene rings is 3. The molecule has 156 valence electrons. The normalized spacial score (nSPS) is 11.8. The highest BCUT2D eigenvalue weighted by Gasteiger charge is 2.16. The number of hydrogen-bond acceptors (Lipinski definition) is 3. The predicted octanol–water partition coefficient (Wildman–Crippen LogP) is 8.76. The molecule has 0 fully saturated rings. The number of aryl methyl sites for hydroxylation is 4. The van der Waals surface area contributed by atoms with Crippen LogP contribution in [0.15, 0.2) is 71.3 Å². The van der Waals surface area contributed by atoms with Crippen molar-refractivity contribution >= 4 is 43.4 Å². The third-order valence-corrected chi connectivity index (χ3v) is 7.40. The molecule has 6 rings (SSSR count). The smallest absolute Gasteiger partial charge is 0.144 e. The van der Waals surface area contributed by atoms with Crippen LogP contribution in [0.4, 0.5) is 0 Å². The van der Waals surface area contributed by atoms with Gasteiger partial charge in [0.05, 0.1) is 5.69 Å². The number of furan rings is 1. The van der Waals surface area contributed by atoms with Crippen molar-refractivity contribution in [3.8, 4) is 22.4 Å². The molecule has 0 N–H and O–H groups in total. The van der Waals surface area contributed by atoms with Gasteiger partial charge in [-0.05, 0) is 91.2 Å². The van der Waals surface area contributed by atoms with E-state index in [4.69, 9.17) is 9.40 Å². The number of hydrogen-bond donors (Lipinski definition) is 0. The first-order valence-corrected chi connectivity index (χ1v) is 11.7. The van der Waals surface area contributed by atoms with E-state index in [1.54, 1.807) is 0 Å². The number of pyridine rings is 1. The van der Waals surface area contributed by atoms with Gasteiger partial charge in [0.2, 0.25) is 0 Å². The van der Waals surface area contributed by atoms with Crippen molar-refractivity contribution in [2.75, 3.05) is 0 Å². The van der Waals surface area contributed by atoms with Gasteiger partial charge in [-0.25, -0.2) is 0 Å². The maximum absolute atomic E-state index is 6.45. The largest absolute Gasteiger partial charge is 0.455 e. The number of fused-ring (bicyclic) bond motifs is 4. The van der Waals surface area contributed by atoms with Crippen molar-refractivity contribution < 1.29 is 4.42 Å². The van der Waals surface area contributed by atoms with E-state index < -0.39 is 0 Å². The summed E-state index contributed by atoms with van der Waals surface area (Å²) in [5.74, 6) is 0. The van der Waals surface area contributed by atoms with E-state index in [0.717, 1.165) is 33.2 Å². The van der Waals surface area contributed by atoms with Crippen molar-refractivity contribution in [2.45, 2.75) is 27.7 Å². The molecule has 3 heterocycles. The van der Waals surface area contributed by atoms with E-state index in [1.807, 2.05) is 17.5 Å². The quantitative estimate of drug-likeness (QED) is 0.273. The average Bonchev–Trinajstić information content (AvgIpc) is 3.31. The maximum atomic E-state index is 6.45. The lowest BCUT2D eigenvalue weighted by atomic mass is 9.92. The fourth-order valence-electron chi connectivity index (χ4n) is 4.85. The summed E-state index contributed by atoms with van der Waals surface area (Å²) in [5.41, 5.74) is 10.1. The Balaban J connectivity index is 1.60. The number of thiophene rings is 1. The zero-order valence-corrected chi connectivity index (χ0v) is 19.4. The Morgan fingerprint density at radius 1 is 0.750 bits per heavy atom. The first-order chi connectivity index (χ1) is 15.5. The third kappa shape index (κ3) is 2.89.